The first-order valence-corrected chi connectivity index (χ1v) is 15.8. The van der Waals surface area contributed by atoms with Gasteiger partial charge in [0, 0.05) is 30.2 Å². The molecule has 2 spiro atoms. The maximum absolute atomic E-state index is 16.1. The summed E-state index contributed by atoms with van der Waals surface area (Å²) >= 11 is 12.6. The van der Waals surface area contributed by atoms with Crippen molar-refractivity contribution in [3.05, 3.63) is 57.5 Å². The predicted octanol–water partition coefficient (Wildman–Crippen LogP) is 5.25. The second-order valence-electron chi connectivity index (χ2n) is 13.6. The van der Waals surface area contributed by atoms with E-state index in [0.717, 1.165) is 12.8 Å². The third-order valence-corrected chi connectivity index (χ3v) is 11.4. The van der Waals surface area contributed by atoms with Gasteiger partial charge in [-0.1, -0.05) is 55.2 Å². The van der Waals surface area contributed by atoms with Gasteiger partial charge >= 0.3 is 0 Å². The molecule has 1 aromatic carbocycles. The number of carbonyl (C=O) groups is 2. The number of aliphatic hydroxyl groups excluding tert-OH is 1. The van der Waals surface area contributed by atoms with Gasteiger partial charge in [0.2, 0.25) is 11.8 Å². The molecular formula is C32H39Cl2FN4O4. The lowest BCUT2D eigenvalue weighted by Crippen LogP contribution is -2.61. The van der Waals surface area contributed by atoms with E-state index in [0.29, 0.717) is 49.9 Å². The van der Waals surface area contributed by atoms with Gasteiger partial charge in [-0.15, -0.1) is 0 Å². The molecule has 0 radical (unpaired) electrons. The van der Waals surface area contributed by atoms with Crippen LogP contribution in [0.4, 0.5) is 10.2 Å². The summed E-state index contributed by atoms with van der Waals surface area (Å²) in [6.07, 6.45) is 5.28. The van der Waals surface area contributed by atoms with Gasteiger partial charge in [-0.25, -0.2) is 9.37 Å². The van der Waals surface area contributed by atoms with Crippen LogP contribution in [0.1, 0.15) is 82.3 Å². The summed E-state index contributed by atoms with van der Waals surface area (Å²) in [6.45, 7) is 4.33. The van der Waals surface area contributed by atoms with Gasteiger partial charge in [0.15, 0.2) is 0 Å². The monoisotopic (exact) mass is 632 g/mol. The number of hydrogen-bond acceptors (Lipinski definition) is 6. The highest BCUT2D eigenvalue weighted by Crippen LogP contribution is 2.63. The second-order valence-corrected chi connectivity index (χ2v) is 14.4. The normalized spacial score (nSPS) is 32.5. The van der Waals surface area contributed by atoms with E-state index >= 15 is 4.39 Å². The van der Waals surface area contributed by atoms with Crippen molar-refractivity contribution in [3.8, 4) is 0 Å². The van der Waals surface area contributed by atoms with Crippen molar-refractivity contribution in [1.82, 2.24) is 15.6 Å². The average molecular weight is 634 g/mol. The van der Waals surface area contributed by atoms with E-state index in [4.69, 9.17) is 27.9 Å². The molecule has 2 amide bonds. The fourth-order valence-electron chi connectivity index (χ4n) is 8.29. The van der Waals surface area contributed by atoms with Crippen molar-refractivity contribution in [2.24, 2.45) is 5.41 Å². The molecule has 1 aromatic heterocycles. The number of nitrogens with zero attached hydrogens (tertiary/aromatic N) is 1. The van der Waals surface area contributed by atoms with Crippen molar-refractivity contribution < 1.29 is 23.8 Å². The Balaban J connectivity index is 1.48. The molecule has 11 heteroatoms. The van der Waals surface area contributed by atoms with E-state index in [2.05, 4.69) is 34.8 Å². The highest BCUT2D eigenvalue weighted by molar-refractivity contribution is 6.31. The molecule has 2 aliphatic carbocycles. The molecule has 2 saturated carbocycles. The first-order valence-electron chi connectivity index (χ1n) is 15.1. The number of rotatable bonds is 5. The maximum atomic E-state index is 16.1. The molecular weight excluding hydrogens is 594 g/mol. The van der Waals surface area contributed by atoms with Gasteiger partial charge < -0.3 is 20.5 Å². The van der Waals surface area contributed by atoms with Gasteiger partial charge in [-0.2, -0.15) is 0 Å². The fourth-order valence-corrected chi connectivity index (χ4v) is 8.62. The summed E-state index contributed by atoms with van der Waals surface area (Å²) in [7, 11) is 1.60. The molecule has 232 valence electrons. The zero-order valence-electron chi connectivity index (χ0n) is 24.7. The summed E-state index contributed by atoms with van der Waals surface area (Å²) in [4.78, 5) is 33.3. The number of carbonyl (C=O) groups excluding carboxylic acids is 2. The second kappa shape index (κ2) is 10.9. The van der Waals surface area contributed by atoms with Crippen LogP contribution in [0.25, 0.3) is 0 Å². The Hall–Kier alpha value is -2.30. The van der Waals surface area contributed by atoms with Gasteiger partial charge in [-0.05, 0) is 74.5 Å². The summed E-state index contributed by atoms with van der Waals surface area (Å²) in [5, 5.41) is 19.9. The molecule has 2 aromatic rings. The third kappa shape index (κ3) is 4.78. The number of nitrogens with one attached hydrogen (secondary N) is 3. The lowest BCUT2D eigenvalue weighted by Gasteiger charge is -2.50. The minimum absolute atomic E-state index is 0.0457. The standard InChI is InChI=1S/C32H39Cl2FN4O4/c1-29(2)13-15-31(16-14-29)32(20-7-8-22(34)37-26(20)38-28(32)42)23(19-5-4-6-21(33)24(19)35)25(39-31)27(41)36-18-9-11-30(17-40,43-3)12-10-18/h4-8,18,23,25,39-40H,9-17H2,1-3H3,(H,36,41)(H,37,38,42)/t18-,23-,25+,30-,32+/m0/s1. The number of amides is 2. The topological polar surface area (TPSA) is 113 Å². The average Bonchev–Trinajstić information content (AvgIpc) is 3.44. The van der Waals surface area contributed by atoms with Crippen molar-refractivity contribution >= 4 is 40.8 Å². The molecule has 6 rings (SSSR count). The Morgan fingerprint density at radius 3 is 2.47 bits per heavy atom. The van der Waals surface area contributed by atoms with Crippen molar-refractivity contribution in [2.45, 2.75) is 99.8 Å². The molecule has 2 aliphatic heterocycles. The Morgan fingerprint density at radius 2 is 1.81 bits per heavy atom. The lowest BCUT2D eigenvalue weighted by atomic mass is 9.53. The van der Waals surface area contributed by atoms with Crippen LogP contribution in [0, 0.1) is 11.2 Å². The molecule has 0 unspecified atom stereocenters. The van der Waals surface area contributed by atoms with E-state index < -0.39 is 34.3 Å². The minimum atomic E-state index is -1.35. The van der Waals surface area contributed by atoms with Crippen LogP contribution in [-0.2, 0) is 19.7 Å². The Morgan fingerprint density at radius 1 is 1.12 bits per heavy atom. The van der Waals surface area contributed by atoms with E-state index in [1.54, 1.807) is 31.4 Å². The molecule has 3 fully saturated rings. The summed E-state index contributed by atoms with van der Waals surface area (Å²) < 4.78 is 21.7. The number of pyridine rings is 1. The van der Waals surface area contributed by atoms with Crippen LogP contribution in [0.3, 0.4) is 0 Å². The molecule has 0 bridgehead atoms. The Labute approximate surface area is 261 Å². The highest BCUT2D eigenvalue weighted by atomic mass is 35.5. The van der Waals surface area contributed by atoms with Gasteiger partial charge in [0.1, 0.15) is 22.2 Å². The molecule has 3 atom stereocenters. The van der Waals surface area contributed by atoms with Gasteiger partial charge in [-0.3, -0.25) is 14.9 Å². The number of hydrogen-bond donors (Lipinski definition) is 4. The number of halogens is 3. The quantitative estimate of drug-likeness (QED) is 0.335. The molecule has 1 saturated heterocycles. The van der Waals surface area contributed by atoms with E-state index in [9.17, 15) is 14.7 Å². The Kier molecular flexibility index (Phi) is 7.82. The largest absolute Gasteiger partial charge is 0.393 e. The third-order valence-electron chi connectivity index (χ3n) is 10.9. The molecule has 3 heterocycles. The first-order chi connectivity index (χ1) is 20.4. The van der Waals surface area contributed by atoms with Crippen molar-refractivity contribution in [1.29, 1.82) is 0 Å². The summed E-state index contributed by atoms with van der Waals surface area (Å²) in [6, 6.07) is 7.11. The number of methoxy groups -OCH3 is 1. The van der Waals surface area contributed by atoms with Crippen molar-refractivity contribution in [2.75, 3.05) is 19.0 Å². The highest BCUT2D eigenvalue weighted by Gasteiger charge is 2.73. The first kappa shape index (κ1) is 30.7. The van der Waals surface area contributed by atoms with E-state index in [1.165, 1.54) is 6.07 Å². The smallest absolute Gasteiger partial charge is 0.238 e. The summed E-state index contributed by atoms with van der Waals surface area (Å²) in [5.74, 6) is -1.85. The number of benzene rings is 1. The number of ether oxygens (including phenoxy) is 1. The fraction of sp³-hybridized carbons (Fsp3) is 0.594. The molecule has 8 nitrogen and oxygen atoms in total. The SMILES string of the molecule is CO[C@]1(CO)CC[C@@H](NC(=O)[C@@H]2NC3(CCC(C)(C)CC3)[C@@]3(C(=O)Nc4nc(Cl)ccc43)[C@H]2c2cccc(Cl)c2F)CC1. The van der Waals surface area contributed by atoms with Crippen LogP contribution in [0.2, 0.25) is 10.2 Å². The van der Waals surface area contributed by atoms with Crippen LogP contribution >= 0.6 is 23.2 Å². The predicted molar refractivity (Wildman–Crippen MR) is 163 cm³/mol. The molecule has 4 aliphatic rings. The van der Waals surface area contributed by atoms with Gasteiger partial charge in [0.25, 0.3) is 0 Å². The van der Waals surface area contributed by atoms with Crippen LogP contribution in [0.5, 0.6) is 0 Å². The number of aromatic nitrogens is 1. The number of anilines is 1. The van der Waals surface area contributed by atoms with E-state index in [1.807, 2.05) is 0 Å². The lowest BCUT2D eigenvalue weighted by molar-refractivity contribution is -0.125. The number of aliphatic hydroxyl groups is 1. The Bertz CT molecular complexity index is 1430. The van der Waals surface area contributed by atoms with Crippen LogP contribution in [-0.4, -0.2) is 58.8 Å². The summed E-state index contributed by atoms with van der Waals surface area (Å²) in [5.41, 5.74) is -1.95. The van der Waals surface area contributed by atoms with Gasteiger partial charge in [0.05, 0.1) is 23.3 Å². The van der Waals surface area contributed by atoms with E-state index in [-0.39, 0.29) is 45.6 Å². The minimum Gasteiger partial charge on any atom is -0.393 e. The van der Waals surface area contributed by atoms with Crippen LogP contribution < -0.4 is 16.0 Å². The number of fused-ring (bicyclic) bond motifs is 3. The van der Waals surface area contributed by atoms with Crippen LogP contribution in [0.15, 0.2) is 30.3 Å². The maximum Gasteiger partial charge on any atom is 0.238 e. The van der Waals surface area contributed by atoms with Crippen molar-refractivity contribution in [3.63, 3.8) is 0 Å². The molecule has 43 heavy (non-hydrogen) atoms. The zero-order valence-corrected chi connectivity index (χ0v) is 26.2. The zero-order chi connectivity index (χ0) is 30.8. The molecule has 4 N–H and O–H groups in total.